The molecule has 31 heavy (non-hydrogen) atoms. The van der Waals surface area contributed by atoms with Crippen LogP contribution in [-0.4, -0.2) is 17.0 Å². The first-order chi connectivity index (χ1) is 15.2. The van der Waals surface area contributed by atoms with Gasteiger partial charge in [-0.05, 0) is 54.1 Å². The van der Waals surface area contributed by atoms with Gasteiger partial charge in [-0.25, -0.2) is 0 Å². The van der Waals surface area contributed by atoms with Gasteiger partial charge in [-0.2, -0.15) is 0 Å². The molecule has 0 saturated carbocycles. The van der Waals surface area contributed by atoms with Gasteiger partial charge in [0.05, 0.1) is 11.0 Å². The quantitative estimate of drug-likeness (QED) is 0.377. The molecule has 4 heteroatoms. The zero-order valence-electron chi connectivity index (χ0n) is 17.3. The van der Waals surface area contributed by atoms with Gasteiger partial charge in [0.1, 0.15) is 6.54 Å². The van der Waals surface area contributed by atoms with E-state index < -0.39 is 0 Å². The van der Waals surface area contributed by atoms with E-state index in [1.165, 1.54) is 0 Å². The van der Waals surface area contributed by atoms with E-state index in [2.05, 4.69) is 18.2 Å². The molecule has 0 saturated heterocycles. The molecule has 0 bridgehead atoms. The van der Waals surface area contributed by atoms with E-state index >= 15 is 0 Å². The minimum atomic E-state index is -0.0169. The highest BCUT2D eigenvalue weighted by Gasteiger charge is 2.18. The fraction of sp³-hybridized carbons (Fsp3) is 0.111. The van der Waals surface area contributed by atoms with Crippen LogP contribution in [0.2, 0.25) is 0 Å². The molecule has 0 fully saturated rings. The van der Waals surface area contributed by atoms with Crippen LogP contribution in [0.3, 0.4) is 0 Å². The Morgan fingerprint density at radius 1 is 0.774 bits per heavy atom. The van der Waals surface area contributed by atoms with Crippen LogP contribution in [0.5, 0.6) is 0 Å². The average molecular weight is 406 g/mol. The van der Waals surface area contributed by atoms with Crippen molar-refractivity contribution in [1.29, 1.82) is 0 Å². The number of amides is 1. The summed E-state index contributed by atoms with van der Waals surface area (Å²) in [4.78, 5) is 28.2. The van der Waals surface area contributed by atoms with Crippen LogP contribution in [0.25, 0.3) is 32.6 Å². The van der Waals surface area contributed by atoms with Crippen molar-refractivity contribution in [3.8, 4) is 0 Å². The van der Waals surface area contributed by atoms with Gasteiger partial charge >= 0.3 is 0 Å². The number of anilines is 1. The Kier molecular flexibility index (Phi) is 4.75. The van der Waals surface area contributed by atoms with Gasteiger partial charge in [0.25, 0.3) is 0 Å². The number of benzene rings is 4. The maximum Gasteiger partial charge on any atom is 0.246 e. The second-order valence-electron chi connectivity index (χ2n) is 7.62. The van der Waals surface area contributed by atoms with E-state index in [0.29, 0.717) is 17.3 Å². The van der Waals surface area contributed by atoms with Crippen molar-refractivity contribution >= 4 is 44.2 Å². The third kappa shape index (κ3) is 3.26. The highest BCUT2D eigenvalue weighted by molar-refractivity contribution is 5.99. The first kappa shape index (κ1) is 19.1. The molecule has 0 N–H and O–H groups in total. The van der Waals surface area contributed by atoms with Crippen LogP contribution in [0.4, 0.5) is 5.69 Å². The summed E-state index contributed by atoms with van der Waals surface area (Å²) >= 11 is 0. The van der Waals surface area contributed by atoms with Crippen molar-refractivity contribution in [2.45, 2.75) is 13.5 Å². The van der Waals surface area contributed by atoms with Crippen molar-refractivity contribution < 1.29 is 4.79 Å². The standard InChI is InChI=1S/C27H22N2O2/c1-2-28(21-16-15-19-9-3-4-10-20(19)17-21)26(30)18-29-24-13-7-5-11-22(24)27(31)23-12-6-8-14-25(23)29/h3-17H,2,18H2,1H3. The number of fused-ring (bicyclic) bond motifs is 3. The molecule has 5 rings (SSSR count). The second-order valence-corrected chi connectivity index (χ2v) is 7.62. The summed E-state index contributed by atoms with van der Waals surface area (Å²) in [6.45, 7) is 2.70. The van der Waals surface area contributed by atoms with Crippen molar-refractivity contribution in [1.82, 2.24) is 4.57 Å². The van der Waals surface area contributed by atoms with E-state index in [4.69, 9.17) is 0 Å². The van der Waals surface area contributed by atoms with Crippen molar-refractivity contribution in [2.75, 3.05) is 11.4 Å². The third-order valence-electron chi connectivity index (χ3n) is 5.83. The molecule has 0 aliphatic carbocycles. The molecule has 0 aliphatic rings. The number of hydrogen-bond acceptors (Lipinski definition) is 2. The molecule has 0 aliphatic heterocycles. The van der Waals surface area contributed by atoms with Gasteiger partial charge < -0.3 is 9.47 Å². The van der Waals surface area contributed by atoms with E-state index in [-0.39, 0.29) is 17.9 Å². The Bertz CT molecular complexity index is 1440. The molecule has 0 radical (unpaired) electrons. The van der Waals surface area contributed by atoms with Gasteiger partial charge in [0.2, 0.25) is 5.91 Å². The maximum absolute atomic E-state index is 13.5. The van der Waals surface area contributed by atoms with Gasteiger partial charge in [0, 0.05) is 23.0 Å². The summed E-state index contributed by atoms with van der Waals surface area (Å²) in [5.74, 6) is -0.0169. The molecule has 1 aromatic heterocycles. The number of carbonyl (C=O) groups is 1. The smallest absolute Gasteiger partial charge is 0.246 e. The topological polar surface area (TPSA) is 42.3 Å². The van der Waals surface area contributed by atoms with Gasteiger partial charge in [-0.1, -0.05) is 54.6 Å². The number of carbonyl (C=O) groups excluding carboxylic acids is 1. The lowest BCUT2D eigenvalue weighted by molar-refractivity contribution is -0.119. The molecule has 1 amide bonds. The lowest BCUT2D eigenvalue weighted by Gasteiger charge is -2.23. The van der Waals surface area contributed by atoms with Crippen LogP contribution < -0.4 is 10.3 Å². The van der Waals surface area contributed by atoms with Gasteiger partial charge in [-0.3, -0.25) is 9.59 Å². The highest BCUT2D eigenvalue weighted by atomic mass is 16.2. The van der Waals surface area contributed by atoms with Gasteiger partial charge in [-0.15, -0.1) is 0 Å². The Balaban J connectivity index is 1.61. The highest BCUT2D eigenvalue weighted by Crippen LogP contribution is 2.24. The number of aromatic nitrogens is 1. The lowest BCUT2D eigenvalue weighted by Crippen LogP contribution is -2.34. The van der Waals surface area contributed by atoms with Crippen LogP contribution in [0, 0.1) is 0 Å². The zero-order valence-corrected chi connectivity index (χ0v) is 17.3. The summed E-state index contributed by atoms with van der Waals surface area (Å²) in [6.07, 6.45) is 0. The zero-order chi connectivity index (χ0) is 21.4. The Hall–Kier alpha value is -3.92. The van der Waals surface area contributed by atoms with Crippen LogP contribution in [-0.2, 0) is 11.3 Å². The number of likely N-dealkylation sites (N-methyl/N-ethyl adjacent to an activating group) is 1. The Labute approximate surface area is 180 Å². The molecule has 0 spiro atoms. The summed E-state index contributed by atoms with van der Waals surface area (Å²) < 4.78 is 1.96. The van der Waals surface area contributed by atoms with Gasteiger partial charge in [0.15, 0.2) is 5.43 Å². The van der Waals surface area contributed by atoms with Crippen molar-refractivity contribution in [2.24, 2.45) is 0 Å². The summed E-state index contributed by atoms with van der Waals surface area (Å²) in [5.41, 5.74) is 2.42. The van der Waals surface area contributed by atoms with Crippen LogP contribution in [0.1, 0.15) is 6.92 Å². The van der Waals surface area contributed by atoms with Crippen molar-refractivity contribution in [3.05, 3.63) is 101 Å². The Morgan fingerprint density at radius 2 is 1.35 bits per heavy atom. The molecule has 0 atom stereocenters. The van der Waals surface area contributed by atoms with Crippen molar-refractivity contribution in [3.63, 3.8) is 0 Å². The summed E-state index contributed by atoms with van der Waals surface area (Å²) in [6, 6.07) is 29.2. The molecule has 5 aromatic rings. The fourth-order valence-corrected chi connectivity index (χ4v) is 4.32. The number of pyridine rings is 1. The van der Waals surface area contributed by atoms with E-state index in [9.17, 15) is 9.59 Å². The largest absolute Gasteiger partial charge is 0.331 e. The Morgan fingerprint density at radius 3 is 2.00 bits per heavy atom. The van der Waals surface area contributed by atoms with E-state index in [0.717, 1.165) is 27.5 Å². The molecule has 4 nitrogen and oxygen atoms in total. The number of hydrogen-bond donors (Lipinski definition) is 0. The average Bonchev–Trinajstić information content (AvgIpc) is 2.82. The first-order valence-corrected chi connectivity index (χ1v) is 10.5. The molecule has 1 heterocycles. The SMILES string of the molecule is CCN(C(=O)Cn1c2ccccc2c(=O)c2ccccc21)c1ccc2ccccc2c1. The minimum absolute atomic E-state index is 0.00299. The second kappa shape index (κ2) is 7.73. The number of para-hydroxylation sites is 2. The van der Waals surface area contributed by atoms with E-state index in [1.54, 1.807) is 4.90 Å². The lowest BCUT2D eigenvalue weighted by atomic mass is 10.1. The summed E-state index contributed by atoms with van der Waals surface area (Å²) in [7, 11) is 0. The third-order valence-corrected chi connectivity index (χ3v) is 5.83. The normalized spacial score (nSPS) is 11.3. The van der Waals surface area contributed by atoms with E-state index in [1.807, 2.05) is 84.3 Å². The molecule has 152 valence electrons. The number of rotatable bonds is 4. The van der Waals surface area contributed by atoms with Crippen LogP contribution >= 0.6 is 0 Å². The fourth-order valence-electron chi connectivity index (χ4n) is 4.32. The predicted molar refractivity (Wildman–Crippen MR) is 128 cm³/mol. The first-order valence-electron chi connectivity index (χ1n) is 10.5. The molecule has 0 unspecified atom stereocenters. The molecular weight excluding hydrogens is 384 g/mol. The molecular formula is C27H22N2O2. The monoisotopic (exact) mass is 406 g/mol. The predicted octanol–water partition coefficient (Wildman–Crippen LogP) is 5.36. The number of nitrogens with zero attached hydrogens (tertiary/aromatic N) is 2. The summed E-state index contributed by atoms with van der Waals surface area (Å²) in [5, 5.41) is 3.50. The van der Waals surface area contributed by atoms with Crippen LogP contribution in [0.15, 0.2) is 95.8 Å². The maximum atomic E-state index is 13.5. The molecule has 4 aromatic carbocycles. The minimum Gasteiger partial charge on any atom is -0.331 e.